The van der Waals surface area contributed by atoms with E-state index < -0.39 is 10.0 Å². The van der Waals surface area contributed by atoms with Gasteiger partial charge in [0.15, 0.2) is 6.29 Å². The summed E-state index contributed by atoms with van der Waals surface area (Å²) in [7, 11) is -0.624. The van der Waals surface area contributed by atoms with Crippen LogP contribution in [0.2, 0.25) is 0 Å². The van der Waals surface area contributed by atoms with Crippen LogP contribution in [0.15, 0.2) is 9.59 Å². The van der Waals surface area contributed by atoms with Crippen LogP contribution in [0.3, 0.4) is 0 Å². The van der Waals surface area contributed by atoms with E-state index in [4.69, 9.17) is 14.2 Å². The van der Waals surface area contributed by atoms with Gasteiger partial charge < -0.3 is 24.4 Å². The minimum atomic E-state index is -0.624. The zero-order valence-electron chi connectivity index (χ0n) is 19.4. The number of anilines is 2. The van der Waals surface area contributed by atoms with E-state index in [-0.39, 0.29) is 17.5 Å². The van der Waals surface area contributed by atoms with Crippen molar-refractivity contribution in [3.8, 4) is 0 Å². The monoisotopic (exact) mass is 458 g/mol. The molecule has 0 saturated carbocycles. The zero-order chi connectivity index (χ0) is 22.4. The second kappa shape index (κ2) is 10.9. The highest BCUT2D eigenvalue weighted by molar-refractivity contribution is 8.32. The highest BCUT2D eigenvalue weighted by atomic mass is 32.3. The van der Waals surface area contributed by atoms with Crippen molar-refractivity contribution in [2.24, 2.45) is 0 Å². The first-order valence-corrected chi connectivity index (χ1v) is 14.2. The lowest BCUT2D eigenvalue weighted by atomic mass is 10.2. The molecule has 178 valence electrons. The van der Waals surface area contributed by atoms with Gasteiger partial charge in [0.25, 0.3) is 5.56 Å². The molecule has 3 rings (SSSR count). The van der Waals surface area contributed by atoms with Gasteiger partial charge >= 0.3 is 5.69 Å². The summed E-state index contributed by atoms with van der Waals surface area (Å²) >= 11 is 0. The maximum absolute atomic E-state index is 13.2. The predicted molar refractivity (Wildman–Crippen MR) is 127 cm³/mol. The van der Waals surface area contributed by atoms with E-state index >= 15 is 0 Å². The topological polar surface area (TPSA) is 87.0 Å². The average Bonchev–Trinajstić information content (AvgIpc) is 3.15. The highest BCUT2D eigenvalue weighted by Gasteiger charge is 2.28. The second-order valence-corrected chi connectivity index (χ2v) is 13.5. The van der Waals surface area contributed by atoms with Gasteiger partial charge in [-0.05, 0) is 51.4 Å². The molecule has 1 saturated heterocycles. The number of fused-ring (bicyclic) bond motifs is 1. The Labute approximate surface area is 186 Å². The van der Waals surface area contributed by atoms with Crippen molar-refractivity contribution < 1.29 is 14.2 Å². The Morgan fingerprint density at radius 3 is 2.65 bits per heavy atom. The van der Waals surface area contributed by atoms with Crippen molar-refractivity contribution in [3.63, 3.8) is 0 Å². The third-order valence-electron chi connectivity index (χ3n) is 5.53. The van der Waals surface area contributed by atoms with Crippen molar-refractivity contribution in [3.05, 3.63) is 20.8 Å². The Balaban J connectivity index is 1.66. The Morgan fingerprint density at radius 1 is 1.16 bits per heavy atom. The standard InChI is InChI=1S/C21H38N4O5S/c1-5-24-19-18(23(15-22-19)16-28-13-14-31(2,3)4)20(26)25(21(24)27)10-8-12-30-17-9-6-7-11-29-17/h17,22H,5-16H2,1-4H3. The van der Waals surface area contributed by atoms with Crippen LogP contribution in [-0.2, 0) is 27.3 Å². The molecule has 2 aliphatic rings. The van der Waals surface area contributed by atoms with Crippen molar-refractivity contribution in [1.29, 1.82) is 0 Å². The lowest BCUT2D eigenvalue weighted by Crippen LogP contribution is -2.42. The molecular weight excluding hydrogens is 420 g/mol. The molecule has 2 aliphatic heterocycles. The Bertz CT molecular complexity index is 842. The first-order valence-electron chi connectivity index (χ1n) is 11.1. The molecule has 0 aliphatic carbocycles. The SMILES string of the molecule is CCn1c2c(c(=O)n(CCCOC3CCCCO3)c1=O)N(COCCS(C)(C)C)CN2. The Morgan fingerprint density at radius 2 is 1.97 bits per heavy atom. The number of ether oxygens (including phenoxy) is 3. The van der Waals surface area contributed by atoms with Gasteiger partial charge in [-0.2, -0.15) is 0 Å². The lowest BCUT2D eigenvalue weighted by molar-refractivity contribution is -0.163. The van der Waals surface area contributed by atoms with Gasteiger partial charge in [-0.25, -0.2) is 14.8 Å². The van der Waals surface area contributed by atoms with Crippen molar-refractivity contribution in [1.82, 2.24) is 9.13 Å². The number of hydrogen-bond acceptors (Lipinski definition) is 7. The van der Waals surface area contributed by atoms with Crippen LogP contribution < -0.4 is 21.5 Å². The largest absolute Gasteiger partial charge is 0.360 e. The first kappa shape index (κ1) is 24.2. The molecule has 0 radical (unpaired) electrons. The van der Waals surface area contributed by atoms with E-state index in [1.54, 1.807) is 4.57 Å². The molecule has 1 aromatic rings. The van der Waals surface area contributed by atoms with Gasteiger partial charge in [-0.1, -0.05) is 0 Å². The van der Waals surface area contributed by atoms with Crippen LogP contribution in [0.4, 0.5) is 11.5 Å². The van der Waals surface area contributed by atoms with E-state index in [2.05, 4.69) is 24.1 Å². The zero-order valence-corrected chi connectivity index (χ0v) is 20.2. The Kier molecular flexibility index (Phi) is 8.49. The fraction of sp³-hybridized carbons (Fsp3) is 0.810. The lowest BCUT2D eigenvalue weighted by Gasteiger charge is -2.25. The van der Waals surface area contributed by atoms with Gasteiger partial charge in [-0.3, -0.25) is 13.9 Å². The number of hydrogen-bond donors (Lipinski definition) is 1. The quantitative estimate of drug-likeness (QED) is 0.506. The van der Waals surface area contributed by atoms with E-state index in [9.17, 15) is 9.59 Å². The summed E-state index contributed by atoms with van der Waals surface area (Å²) in [5.74, 6) is 1.61. The molecule has 1 fully saturated rings. The number of aromatic nitrogens is 2. The number of rotatable bonds is 11. The molecule has 3 heterocycles. The fourth-order valence-electron chi connectivity index (χ4n) is 3.76. The molecule has 10 heteroatoms. The summed E-state index contributed by atoms with van der Waals surface area (Å²) < 4.78 is 20.1. The molecule has 31 heavy (non-hydrogen) atoms. The summed E-state index contributed by atoms with van der Waals surface area (Å²) in [6.45, 7) is 5.36. The molecule has 1 atom stereocenters. The van der Waals surface area contributed by atoms with E-state index in [0.717, 1.165) is 31.6 Å². The average molecular weight is 459 g/mol. The second-order valence-electron chi connectivity index (χ2n) is 8.91. The smallest absolute Gasteiger partial charge is 0.332 e. The fourth-order valence-corrected chi connectivity index (χ4v) is 4.38. The normalized spacial score (nSPS) is 19.4. The number of nitrogens with zero attached hydrogens (tertiary/aromatic N) is 3. The van der Waals surface area contributed by atoms with Crippen LogP contribution in [0, 0.1) is 0 Å². The van der Waals surface area contributed by atoms with Crippen LogP contribution in [-0.4, -0.2) is 73.2 Å². The van der Waals surface area contributed by atoms with Crippen LogP contribution in [0.25, 0.3) is 0 Å². The van der Waals surface area contributed by atoms with Gasteiger partial charge in [0.05, 0.1) is 19.9 Å². The molecule has 0 aromatic carbocycles. The van der Waals surface area contributed by atoms with E-state index in [1.165, 1.54) is 4.57 Å². The van der Waals surface area contributed by atoms with Crippen molar-refractivity contribution in [2.75, 3.05) is 68.0 Å². The summed E-state index contributed by atoms with van der Waals surface area (Å²) in [5.41, 5.74) is -0.0403. The first-order chi connectivity index (χ1) is 14.8. The number of nitrogens with one attached hydrogen (secondary N) is 1. The third-order valence-corrected chi connectivity index (χ3v) is 6.92. The van der Waals surface area contributed by atoms with Gasteiger partial charge in [-0.15, -0.1) is 0 Å². The van der Waals surface area contributed by atoms with Crippen molar-refractivity contribution >= 4 is 21.5 Å². The van der Waals surface area contributed by atoms with E-state index in [1.807, 2.05) is 11.8 Å². The molecular formula is C21H38N4O5S. The van der Waals surface area contributed by atoms with Crippen molar-refractivity contribution in [2.45, 2.75) is 52.0 Å². The molecule has 1 unspecified atom stereocenters. The van der Waals surface area contributed by atoms with Crippen LogP contribution >= 0.6 is 10.0 Å². The summed E-state index contributed by atoms with van der Waals surface area (Å²) in [6.07, 6.45) is 10.3. The predicted octanol–water partition coefficient (Wildman–Crippen LogP) is 1.82. The molecule has 1 aromatic heterocycles. The van der Waals surface area contributed by atoms with Crippen LogP contribution in [0.1, 0.15) is 32.6 Å². The molecule has 0 bridgehead atoms. The van der Waals surface area contributed by atoms with Gasteiger partial charge in [0.2, 0.25) is 0 Å². The minimum Gasteiger partial charge on any atom is -0.360 e. The third kappa shape index (κ3) is 6.27. The van der Waals surface area contributed by atoms with Gasteiger partial charge in [0.1, 0.15) is 18.2 Å². The van der Waals surface area contributed by atoms with E-state index in [0.29, 0.717) is 57.6 Å². The Hall–Kier alpha value is -1.49. The molecule has 9 nitrogen and oxygen atoms in total. The van der Waals surface area contributed by atoms with Gasteiger partial charge in [0, 0.05) is 25.4 Å². The van der Waals surface area contributed by atoms with Crippen LogP contribution in [0.5, 0.6) is 0 Å². The maximum atomic E-state index is 13.2. The molecule has 0 spiro atoms. The highest BCUT2D eigenvalue weighted by Crippen LogP contribution is 2.33. The summed E-state index contributed by atoms with van der Waals surface area (Å²) in [5, 5.41) is 3.21. The summed E-state index contributed by atoms with van der Waals surface area (Å²) in [4.78, 5) is 28.0. The molecule has 0 amide bonds. The summed E-state index contributed by atoms with van der Waals surface area (Å²) in [6, 6.07) is 0. The molecule has 1 N–H and O–H groups in total. The minimum absolute atomic E-state index is 0.162. The maximum Gasteiger partial charge on any atom is 0.332 e.